The van der Waals surface area contributed by atoms with Crippen molar-refractivity contribution in [1.29, 1.82) is 0 Å². The summed E-state index contributed by atoms with van der Waals surface area (Å²) in [5, 5.41) is 0.890. The monoisotopic (exact) mass is 308 g/mol. The van der Waals surface area contributed by atoms with Crippen molar-refractivity contribution in [1.82, 2.24) is 9.97 Å². The van der Waals surface area contributed by atoms with Gasteiger partial charge in [-0.3, -0.25) is 9.59 Å². The predicted octanol–water partition coefficient (Wildman–Crippen LogP) is 2.52. The molecule has 1 aromatic carbocycles. The largest absolute Gasteiger partial charge is 0.365 e. The Morgan fingerprint density at radius 2 is 2.04 bits per heavy atom. The molecule has 0 bridgehead atoms. The number of carbonyl (C=O) groups excluding carboxylic acids is 2. The van der Waals surface area contributed by atoms with Crippen molar-refractivity contribution in [3.63, 3.8) is 0 Å². The van der Waals surface area contributed by atoms with Crippen LogP contribution in [0.2, 0.25) is 0 Å². The number of hydrogen-bond donors (Lipinski definition) is 0. The highest BCUT2D eigenvalue weighted by molar-refractivity contribution is 6.13. The van der Waals surface area contributed by atoms with Crippen LogP contribution in [0.15, 0.2) is 48.2 Å². The topological polar surface area (TPSA) is 69.2 Å². The van der Waals surface area contributed by atoms with Gasteiger partial charge in [-0.05, 0) is 24.6 Å². The molecule has 1 aliphatic rings. The van der Waals surface area contributed by atoms with Crippen LogP contribution in [0.1, 0.15) is 19.2 Å². The Balaban J connectivity index is 2.29. The molecule has 1 unspecified atom stereocenters. The number of benzene rings is 1. The van der Waals surface area contributed by atoms with Gasteiger partial charge in [-0.2, -0.15) is 0 Å². The molecule has 23 heavy (non-hydrogen) atoms. The quantitative estimate of drug-likeness (QED) is 0.812. The number of methoxy groups -OCH3 is 1. The van der Waals surface area contributed by atoms with E-state index in [2.05, 4.69) is 9.97 Å². The molecule has 0 saturated carbocycles. The van der Waals surface area contributed by atoms with E-state index >= 15 is 0 Å². The minimum Gasteiger partial charge on any atom is -0.365 e. The molecule has 0 spiro atoms. The van der Waals surface area contributed by atoms with Crippen molar-refractivity contribution in [3.8, 4) is 0 Å². The summed E-state index contributed by atoms with van der Waals surface area (Å²) in [7, 11) is 1.46. The molecular weight excluding hydrogens is 292 g/mol. The molecule has 0 amide bonds. The van der Waals surface area contributed by atoms with Crippen LogP contribution in [0.5, 0.6) is 0 Å². The summed E-state index contributed by atoms with van der Waals surface area (Å²) in [6, 6.07) is 7.55. The van der Waals surface area contributed by atoms with E-state index in [0.29, 0.717) is 29.7 Å². The molecule has 5 nitrogen and oxygen atoms in total. The van der Waals surface area contributed by atoms with Crippen LogP contribution < -0.4 is 0 Å². The van der Waals surface area contributed by atoms with E-state index in [0.717, 1.165) is 10.9 Å². The highest BCUT2D eigenvalue weighted by Crippen LogP contribution is 2.38. The number of para-hydroxylation sites is 1. The van der Waals surface area contributed by atoms with Crippen LogP contribution >= 0.6 is 0 Å². The zero-order valence-corrected chi connectivity index (χ0v) is 12.9. The van der Waals surface area contributed by atoms with E-state index in [-0.39, 0.29) is 5.78 Å². The average Bonchev–Trinajstić information content (AvgIpc) is 2.61. The molecule has 1 atom stereocenters. The molecule has 2 aromatic rings. The molecule has 5 heteroatoms. The second-order valence-corrected chi connectivity index (χ2v) is 5.28. The number of rotatable bonds is 4. The van der Waals surface area contributed by atoms with E-state index in [9.17, 15) is 9.59 Å². The zero-order chi connectivity index (χ0) is 16.4. The SMILES string of the molecule is CCC1(OC)C(=O)C=CC(C=O)=C1c1ncc2ccccc2n1. The van der Waals surface area contributed by atoms with Crippen LogP contribution in [-0.4, -0.2) is 34.7 Å². The minimum absolute atomic E-state index is 0.208. The number of nitrogens with zero attached hydrogens (tertiary/aromatic N) is 2. The molecule has 1 aromatic heterocycles. The van der Waals surface area contributed by atoms with E-state index in [1.807, 2.05) is 31.2 Å². The maximum absolute atomic E-state index is 12.5. The van der Waals surface area contributed by atoms with Gasteiger partial charge in [0.1, 0.15) is 0 Å². The number of allylic oxidation sites excluding steroid dienone is 2. The van der Waals surface area contributed by atoms with Gasteiger partial charge in [0.15, 0.2) is 23.5 Å². The van der Waals surface area contributed by atoms with Gasteiger partial charge in [0.05, 0.1) is 5.52 Å². The lowest BCUT2D eigenvalue weighted by Crippen LogP contribution is -2.43. The number of ketones is 1. The standard InChI is InChI=1S/C18H16N2O3/c1-3-18(23-2)15(22)9-8-13(11-21)16(18)17-19-10-12-6-4-5-7-14(12)20-17/h4-11H,3H2,1-2H3. The summed E-state index contributed by atoms with van der Waals surface area (Å²) in [5.74, 6) is 0.132. The number of aldehydes is 1. The van der Waals surface area contributed by atoms with Crippen molar-refractivity contribution in [2.45, 2.75) is 18.9 Å². The Bertz CT molecular complexity index is 848. The Morgan fingerprint density at radius 1 is 1.26 bits per heavy atom. The zero-order valence-electron chi connectivity index (χ0n) is 12.9. The van der Waals surface area contributed by atoms with Crippen LogP contribution in [0.25, 0.3) is 16.5 Å². The summed E-state index contributed by atoms with van der Waals surface area (Å²) < 4.78 is 5.55. The summed E-state index contributed by atoms with van der Waals surface area (Å²) in [4.78, 5) is 32.9. The summed E-state index contributed by atoms with van der Waals surface area (Å²) in [6.45, 7) is 1.84. The third-order valence-corrected chi connectivity index (χ3v) is 4.19. The lowest BCUT2D eigenvalue weighted by molar-refractivity contribution is -0.130. The van der Waals surface area contributed by atoms with Gasteiger partial charge in [-0.25, -0.2) is 9.97 Å². The van der Waals surface area contributed by atoms with Gasteiger partial charge in [0.25, 0.3) is 0 Å². The molecular formula is C18H16N2O3. The van der Waals surface area contributed by atoms with E-state index < -0.39 is 5.60 Å². The minimum atomic E-state index is -1.23. The Kier molecular flexibility index (Phi) is 3.88. The highest BCUT2D eigenvalue weighted by Gasteiger charge is 2.44. The normalized spacial score (nSPS) is 21.0. The van der Waals surface area contributed by atoms with E-state index in [1.54, 1.807) is 6.20 Å². The predicted molar refractivity (Wildman–Crippen MR) is 86.7 cm³/mol. The first-order chi connectivity index (χ1) is 11.2. The second-order valence-electron chi connectivity index (χ2n) is 5.28. The maximum Gasteiger partial charge on any atom is 0.192 e. The van der Waals surface area contributed by atoms with Crippen molar-refractivity contribution in [2.75, 3.05) is 7.11 Å². The van der Waals surface area contributed by atoms with Crippen molar-refractivity contribution in [2.24, 2.45) is 0 Å². The van der Waals surface area contributed by atoms with Gasteiger partial charge >= 0.3 is 0 Å². The summed E-state index contributed by atoms with van der Waals surface area (Å²) in [6.07, 6.45) is 5.65. The molecule has 0 N–H and O–H groups in total. The van der Waals surface area contributed by atoms with Crippen LogP contribution in [0.3, 0.4) is 0 Å². The van der Waals surface area contributed by atoms with Crippen LogP contribution in [0, 0.1) is 0 Å². The van der Waals surface area contributed by atoms with Gasteiger partial charge < -0.3 is 4.74 Å². The summed E-state index contributed by atoms with van der Waals surface area (Å²) in [5.41, 5.74) is 0.311. The van der Waals surface area contributed by atoms with E-state index in [1.165, 1.54) is 19.3 Å². The molecule has 0 fully saturated rings. The first-order valence-corrected chi connectivity index (χ1v) is 7.36. The third kappa shape index (κ3) is 2.29. The number of carbonyl (C=O) groups is 2. The Hall–Kier alpha value is -2.66. The van der Waals surface area contributed by atoms with E-state index in [4.69, 9.17) is 4.74 Å². The number of ether oxygens (including phenoxy) is 1. The van der Waals surface area contributed by atoms with Crippen molar-refractivity contribution < 1.29 is 14.3 Å². The van der Waals surface area contributed by atoms with Gasteiger partial charge in [0, 0.05) is 29.8 Å². The summed E-state index contributed by atoms with van der Waals surface area (Å²) >= 11 is 0. The molecule has 0 saturated heterocycles. The fourth-order valence-electron chi connectivity index (χ4n) is 2.94. The maximum atomic E-state index is 12.5. The number of fused-ring (bicyclic) bond motifs is 1. The Morgan fingerprint density at radius 3 is 2.74 bits per heavy atom. The lowest BCUT2D eigenvalue weighted by atomic mass is 9.79. The number of aromatic nitrogens is 2. The number of hydrogen-bond acceptors (Lipinski definition) is 5. The molecule has 1 aliphatic carbocycles. The lowest BCUT2D eigenvalue weighted by Gasteiger charge is -2.33. The second kappa shape index (κ2) is 5.85. The Labute approximate surface area is 133 Å². The molecule has 0 aliphatic heterocycles. The molecule has 116 valence electrons. The third-order valence-electron chi connectivity index (χ3n) is 4.19. The fraction of sp³-hybridized carbons (Fsp3) is 0.222. The first-order valence-electron chi connectivity index (χ1n) is 7.36. The highest BCUT2D eigenvalue weighted by atomic mass is 16.5. The fourth-order valence-corrected chi connectivity index (χ4v) is 2.94. The van der Waals surface area contributed by atoms with Crippen molar-refractivity contribution >= 4 is 28.5 Å². The molecule has 3 rings (SSSR count). The average molecular weight is 308 g/mol. The van der Waals surface area contributed by atoms with Gasteiger partial charge in [-0.1, -0.05) is 25.1 Å². The molecule has 0 radical (unpaired) electrons. The van der Waals surface area contributed by atoms with Crippen LogP contribution in [-0.2, 0) is 14.3 Å². The van der Waals surface area contributed by atoms with Gasteiger partial charge in [-0.15, -0.1) is 0 Å². The van der Waals surface area contributed by atoms with Crippen molar-refractivity contribution in [3.05, 3.63) is 54.0 Å². The van der Waals surface area contributed by atoms with Gasteiger partial charge in [0.2, 0.25) is 0 Å². The van der Waals surface area contributed by atoms with Crippen LogP contribution in [0.4, 0.5) is 0 Å². The first kappa shape index (κ1) is 15.2. The molecule has 1 heterocycles. The smallest absolute Gasteiger partial charge is 0.192 e.